The number of ether oxygens (including phenoxy) is 1. The Bertz CT molecular complexity index is 239. The van der Waals surface area contributed by atoms with Crippen LogP contribution in [0.4, 0.5) is 4.79 Å². The van der Waals surface area contributed by atoms with Gasteiger partial charge < -0.3 is 9.64 Å². The summed E-state index contributed by atoms with van der Waals surface area (Å²) < 4.78 is 4.97. The Kier molecular flexibility index (Phi) is 3.54. The van der Waals surface area contributed by atoms with Gasteiger partial charge in [-0.05, 0) is 18.3 Å². The van der Waals surface area contributed by atoms with Gasteiger partial charge in [0.05, 0.1) is 6.54 Å². The highest BCUT2D eigenvalue weighted by atomic mass is 79.9. The van der Waals surface area contributed by atoms with Crippen molar-refractivity contribution < 1.29 is 9.53 Å². The van der Waals surface area contributed by atoms with Crippen molar-refractivity contribution >= 4 is 22.0 Å². The third-order valence-corrected chi connectivity index (χ3v) is 4.76. The van der Waals surface area contributed by atoms with Crippen molar-refractivity contribution in [3.63, 3.8) is 0 Å². The largest absolute Gasteiger partial charge is 0.448 e. The van der Waals surface area contributed by atoms with E-state index in [1.165, 1.54) is 32.1 Å². The van der Waals surface area contributed by atoms with E-state index in [2.05, 4.69) is 15.9 Å². The standard InChI is InChI=1S/C11H18BrNO2/c12-8-11(4-2-1-3-5-11)9-13-6-7-15-10(13)14/h1-9H2. The summed E-state index contributed by atoms with van der Waals surface area (Å²) in [5, 5.41) is 1.00. The van der Waals surface area contributed by atoms with Gasteiger partial charge in [0.1, 0.15) is 6.61 Å². The summed E-state index contributed by atoms with van der Waals surface area (Å²) in [5.74, 6) is 0. The summed E-state index contributed by atoms with van der Waals surface area (Å²) in [6, 6.07) is 0. The molecule has 4 heteroatoms. The molecule has 1 aliphatic carbocycles. The first-order valence-corrected chi connectivity index (χ1v) is 6.86. The van der Waals surface area contributed by atoms with Crippen LogP contribution < -0.4 is 0 Å². The molecule has 0 spiro atoms. The van der Waals surface area contributed by atoms with Crippen molar-refractivity contribution in [1.82, 2.24) is 4.90 Å². The molecule has 15 heavy (non-hydrogen) atoms. The Morgan fingerprint density at radius 2 is 2.07 bits per heavy atom. The fraction of sp³-hybridized carbons (Fsp3) is 0.909. The number of halogens is 1. The molecule has 2 rings (SSSR count). The number of alkyl halides is 1. The van der Waals surface area contributed by atoms with E-state index in [-0.39, 0.29) is 6.09 Å². The molecule has 0 radical (unpaired) electrons. The van der Waals surface area contributed by atoms with Gasteiger partial charge in [-0.25, -0.2) is 4.79 Å². The van der Waals surface area contributed by atoms with E-state index in [0.717, 1.165) is 18.4 Å². The van der Waals surface area contributed by atoms with Gasteiger partial charge in [0.25, 0.3) is 0 Å². The van der Waals surface area contributed by atoms with Gasteiger partial charge in [-0.15, -0.1) is 0 Å². The number of cyclic esters (lactones) is 1. The van der Waals surface area contributed by atoms with Crippen LogP contribution in [0.25, 0.3) is 0 Å². The highest BCUT2D eigenvalue weighted by molar-refractivity contribution is 9.09. The molecule has 3 nitrogen and oxygen atoms in total. The molecule has 0 aromatic rings. The zero-order valence-electron chi connectivity index (χ0n) is 9.01. The van der Waals surface area contributed by atoms with Crippen LogP contribution in [-0.2, 0) is 4.74 Å². The Morgan fingerprint density at radius 3 is 2.60 bits per heavy atom. The SMILES string of the molecule is O=C1OCCN1CC1(CBr)CCCCC1. The minimum absolute atomic E-state index is 0.124. The average molecular weight is 276 g/mol. The monoisotopic (exact) mass is 275 g/mol. The number of nitrogens with zero attached hydrogens (tertiary/aromatic N) is 1. The van der Waals surface area contributed by atoms with Crippen LogP contribution in [0, 0.1) is 5.41 Å². The van der Waals surface area contributed by atoms with Gasteiger partial charge in [-0.2, -0.15) is 0 Å². The Morgan fingerprint density at radius 1 is 1.33 bits per heavy atom. The predicted molar refractivity (Wildman–Crippen MR) is 62.2 cm³/mol. The summed E-state index contributed by atoms with van der Waals surface area (Å²) in [5.41, 5.74) is 0.307. The Hall–Kier alpha value is -0.250. The predicted octanol–water partition coefficient (Wildman–Crippen LogP) is 2.78. The zero-order chi connectivity index (χ0) is 10.7. The first kappa shape index (κ1) is 11.2. The van der Waals surface area contributed by atoms with Crippen LogP contribution in [0.3, 0.4) is 0 Å². The maximum atomic E-state index is 11.4. The smallest absolute Gasteiger partial charge is 0.409 e. The average Bonchev–Trinajstić information content (AvgIpc) is 2.66. The van der Waals surface area contributed by atoms with E-state index in [4.69, 9.17) is 4.74 Å². The molecular weight excluding hydrogens is 258 g/mol. The number of hydrogen-bond donors (Lipinski definition) is 0. The van der Waals surface area contributed by atoms with E-state index in [9.17, 15) is 4.79 Å². The van der Waals surface area contributed by atoms with Crippen LogP contribution >= 0.6 is 15.9 Å². The molecule has 0 N–H and O–H groups in total. The van der Waals surface area contributed by atoms with Gasteiger partial charge in [0.2, 0.25) is 0 Å². The van der Waals surface area contributed by atoms with E-state index < -0.39 is 0 Å². The minimum Gasteiger partial charge on any atom is -0.448 e. The molecular formula is C11H18BrNO2. The topological polar surface area (TPSA) is 29.5 Å². The molecule has 0 bridgehead atoms. The molecule has 1 aliphatic heterocycles. The fourth-order valence-electron chi connectivity index (χ4n) is 2.61. The van der Waals surface area contributed by atoms with Crippen molar-refractivity contribution in [2.45, 2.75) is 32.1 Å². The number of carbonyl (C=O) groups excluding carboxylic acids is 1. The van der Waals surface area contributed by atoms with Gasteiger partial charge in [0.15, 0.2) is 0 Å². The lowest BCUT2D eigenvalue weighted by Crippen LogP contribution is -2.40. The first-order chi connectivity index (χ1) is 7.26. The second-order valence-electron chi connectivity index (χ2n) is 4.73. The highest BCUT2D eigenvalue weighted by Gasteiger charge is 2.36. The highest BCUT2D eigenvalue weighted by Crippen LogP contribution is 2.38. The van der Waals surface area contributed by atoms with E-state index in [1.807, 2.05) is 4.90 Å². The second-order valence-corrected chi connectivity index (χ2v) is 5.29. The number of rotatable bonds is 3. The first-order valence-electron chi connectivity index (χ1n) is 5.73. The van der Waals surface area contributed by atoms with Crippen LogP contribution in [0.2, 0.25) is 0 Å². The van der Waals surface area contributed by atoms with Crippen molar-refractivity contribution in [2.24, 2.45) is 5.41 Å². The molecule has 0 unspecified atom stereocenters. The molecule has 1 saturated carbocycles. The Labute approximate surface area is 99.3 Å². The van der Waals surface area contributed by atoms with Crippen LogP contribution in [0.5, 0.6) is 0 Å². The lowest BCUT2D eigenvalue weighted by Gasteiger charge is -2.38. The molecule has 2 fully saturated rings. The molecule has 2 aliphatic rings. The number of carbonyl (C=O) groups is 1. The molecule has 86 valence electrons. The molecule has 0 aromatic carbocycles. The van der Waals surface area contributed by atoms with E-state index >= 15 is 0 Å². The summed E-state index contributed by atoms with van der Waals surface area (Å²) in [6.45, 7) is 2.21. The maximum Gasteiger partial charge on any atom is 0.409 e. The minimum atomic E-state index is -0.124. The second kappa shape index (κ2) is 4.73. The van der Waals surface area contributed by atoms with Crippen molar-refractivity contribution in [3.05, 3.63) is 0 Å². The number of hydrogen-bond acceptors (Lipinski definition) is 2. The summed E-state index contributed by atoms with van der Waals surface area (Å²) in [4.78, 5) is 13.3. The summed E-state index contributed by atoms with van der Waals surface area (Å²) >= 11 is 3.62. The van der Waals surface area contributed by atoms with Gasteiger partial charge in [0, 0.05) is 11.9 Å². The maximum absolute atomic E-state index is 11.4. The fourth-order valence-corrected chi connectivity index (χ4v) is 3.35. The number of amides is 1. The van der Waals surface area contributed by atoms with Gasteiger partial charge in [-0.1, -0.05) is 35.2 Å². The third-order valence-electron chi connectivity index (χ3n) is 3.57. The van der Waals surface area contributed by atoms with Crippen LogP contribution in [0.15, 0.2) is 0 Å². The molecule has 0 aromatic heterocycles. The van der Waals surface area contributed by atoms with Gasteiger partial charge >= 0.3 is 6.09 Å². The normalized spacial score (nSPS) is 25.4. The van der Waals surface area contributed by atoms with E-state index in [0.29, 0.717) is 12.0 Å². The summed E-state index contributed by atoms with van der Waals surface area (Å²) in [7, 11) is 0. The lowest BCUT2D eigenvalue weighted by molar-refractivity contribution is 0.127. The third kappa shape index (κ3) is 2.47. The zero-order valence-corrected chi connectivity index (χ0v) is 10.6. The van der Waals surface area contributed by atoms with Crippen LogP contribution in [-0.4, -0.2) is 36.0 Å². The molecule has 0 atom stereocenters. The van der Waals surface area contributed by atoms with Crippen LogP contribution in [0.1, 0.15) is 32.1 Å². The van der Waals surface area contributed by atoms with Crippen molar-refractivity contribution in [1.29, 1.82) is 0 Å². The van der Waals surface area contributed by atoms with E-state index in [1.54, 1.807) is 0 Å². The quantitative estimate of drug-likeness (QED) is 0.742. The molecule has 1 heterocycles. The van der Waals surface area contributed by atoms with Gasteiger partial charge in [-0.3, -0.25) is 0 Å². The molecule has 1 saturated heterocycles. The molecule has 1 amide bonds. The lowest BCUT2D eigenvalue weighted by atomic mass is 9.75. The summed E-state index contributed by atoms with van der Waals surface area (Å²) in [6.07, 6.45) is 6.30. The Balaban J connectivity index is 1.97. The van der Waals surface area contributed by atoms with Crippen molar-refractivity contribution in [2.75, 3.05) is 25.0 Å². The van der Waals surface area contributed by atoms with Crippen molar-refractivity contribution in [3.8, 4) is 0 Å².